The summed E-state index contributed by atoms with van der Waals surface area (Å²) in [4.78, 5) is 39.0. The van der Waals surface area contributed by atoms with Crippen LogP contribution >= 0.6 is 0 Å². The zero-order valence-corrected chi connectivity index (χ0v) is 19.9. The number of carboxylic acid groups (broad SMARTS) is 1. The fourth-order valence-electron chi connectivity index (χ4n) is 4.83. The van der Waals surface area contributed by atoms with Crippen molar-refractivity contribution >= 4 is 18.0 Å². The molecule has 1 fully saturated rings. The molecule has 1 aliphatic carbocycles. The lowest BCUT2D eigenvalue weighted by Gasteiger charge is -2.40. The molecule has 1 heterocycles. The topological polar surface area (TPSA) is 114 Å². The number of amides is 2. The van der Waals surface area contributed by atoms with E-state index >= 15 is 0 Å². The summed E-state index contributed by atoms with van der Waals surface area (Å²) in [6, 6.07) is 15.2. The highest BCUT2D eigenvalue weighted by molar-refractivity contribution is 5.87. The summed E-state index contributed by atoms with van der Waals surface area (Å²) in [6.45, 7) is 1.83. The van der Waals surface area contributed by atoms with Gasteiger partial charge in [-0.2, -0.15) is 0 Å². The number of ether oxygens (including phenoxy) is 3. The molecule has 1 aliphatic heterocycles. The minimum atomic E-state index is -1.63. The van der Waals surface area contributed by atoms with Crippen LogP contribution in [-0.2, 0) is 23.8 Å². The Labute approximate surface area is 204 Å². The molecule has 1 unspecified atom stereocenters. The minimum absolute atomic E-state index is 0.0583. The van der Waals surface area contributed by atoms with Gasteiger partial charge in [0.05, 0.1) is 19.8 Å². The van der Waals surface area contributed by atoms with Gasteiger partial charge in [0.15, 0.2) is 0 Å². The van der Waals surface area contributed by atoms with Crippen molar-refractivity contribution in [3.05, 3.63) is 59.7 Å². The van der Waals surface area contributed by atoms with E-state index in [1.54, 1.807) is 6.92 Å². The SMILES string of the molecule is CC[C@H](NC(=O)OCC1c2ccccc2-c2ccccc21)C(=O)N1CCOC(COC)(C(=O)O)C1. The van der Waals surface area contributed by atoms with Crippen LogP contribution in [0.1, 0.15) is 30.4 Å². The normalized spacial score (nSPS) is 20.0. The van der Waals surface area contributed by atoms with Gasteiger partial charge in [-0.15, -0.1) is 0 Å². The zero-order valence-electron chi connectivity index (χ0n) is 19.9. The Morgan fingerprint density at radius 3 is 2.34 bits per heavy atom. The third-order valence-electron chi connectivity index (χ3n) is 6.61. The monoisotopic (exact) mass is 482 g/mol. The van der Waals surface area contributed by atoms with E-state index in [1.165, 1.54) is 12.0 Å². The molecule has 9 nitrogen and oxygen atoms in total. The van der Waals surface area contributed by atoms with Gasteiger partial charge in [-0.3, -0.25) is 4.79 Å². The van der Waals surface area contributed by atoms with Crippen molar-refractivity contribution in [3.63, 3.8) is 0 Å². The van der Waals surface area contributed by atoms with Gasteiger partial charge in [0, 0.05) is 19.6 Å². The third kappa shape index (κ3) is 4.87. The first-order valence-corrected chi connectivity index (χ1v) is 11.7. The highest BCUT2D eigenvalue weighted by Gasteiger charge is 2.46. The van der Waals surface area contributed by atoms with Crippen LogP contribution in [0.15, 0.2) is 48.5 Å². The molecule has 35 heavy (non-hydrogen) atoms. The van der Waals surface area contributed by atoms with Crippen LogP contribution in [0.4, 0.5) is 4.79 Å². The maximum atomic E-state index is 13.1. The third-order valence-corrected chi connectivity index (χ3v) is 6.61. The number of alkyl carbamates (subject to hydrolysis) is 1. The molecule has 0 saturated carbocycles. The van der Waals surface area contributed by atoms with Gasteiger partial charge in [0.1, 0.15) is 12.6 Å². The number of morpholine rings is 1. The molecule has 2 aliphatic rings. The second-order valence-electron chi connectivity index (χ2n) is 8.77. The molecule has 2 N–H and O–H groups in total. The number of nitrogens with zero attached hydrogens (tertiary/aromatic N) is 1. The van der Waals surface area contributed by atoms with Gasteiger partial charge >= 0.3 is 12.1 Å². The second kappa shape index (κ2) is 10.5. The molecule has 0 radical (unpaired) electrons. The summed E-state index contributed by atoms with van der Waals surface area (Å²) in [6.07, 6.45) is -0.369. The highest BCUT2D eigenvalue weighted by Crippen LogP contribution is 2.44. The summed E-state index contributed by atoms with van der Waals surface area (Å²) < 4.78 is 16.1. The number of carbonyl (C=O) groups excluding carboxylic acids is 2. The van der Waals surface area contributed by atoms with Gasteiger partial charge < -0.3 is 29.5 Å². The first-order valence-electron chi connectivity index (χ1n) is 11.7. The highest BCUT2D eigenvalue weighted by atomic mass is 16.6. The average molecular weight is 483 g/mol. The summed E-state index contributed by atoms with van der Waals surface area (Å²) in [7, 11) is 1.38. The molecule has 186 valence electrons. The van der Waals surface area contributed by atoms with Crippen LogP contribution in [-0.4, -0.2) is 79.6 Å². The van der Waals surface area contributed by atoms with Crippen molar-refractivity contribution in [1.29, 1.82) is 0 Å². The van der Waals surface area contributed by atoms with Gasteiger partial charge in [-0.05, 0) is 28.7 Å². The number of methoxy groups -OCH3 is 1. The number of fused-ring (bicyclic) bond motifs is 3. The van der Waals surface area contributed by atoms with Crippen molar-refractivity contribution in [2.75, 3.05) is 40.0 Å². The summed E-state index contributed by atoms with van der Waals surface area (Å²) in [5, 5.41) is 12.3. The molecule has 4 rings (SSSR count). The van der Waals surface area contributed by atoms with Crippen LogP contribution in [0.25, 0.3) is 11.1 Å². The van der Waals surface area contributed by atoms with E-state index in [0.717, 1.165) is 22.3 Å². The van der Waals surface area contributed by atoms with E-state index in [2.05, 4.69) is 17.4 Å². The van der Waals surface area contributed by atoms with Crippen LogP contribution in [0.3, 0.4) is 0 Å². The van der Waals surface area contributed by atoms with E-state index < -0.39 is 23.7 Å². The van der Waals surface area contributed by atoms with Crippen LogP contribution < -0.4 is 5.32 Å². The number of aliphatic carboxylic acids is 1. The minimum Gasteiger partial charge on any atom is -0.479 e. The summed E-state index contributed by atoms with van der Waals surface area (Å²) in [5.74, 6) is -1.67. The maximum absolute atomic E-state index is 13.1. The van der Waals surface area contributed by atoms with E-state index in [9.17, 15) is 19.5 Å². The van der Waals surface area contributed by atoms with Crippen LogP contribution in [0.5, 0.6) is 0 Å². The molecule has 9 heteroatoms. The Bertz CT molecular complexity index is 1060. The lowest BCUT2D eigenvalue weighted by Crippen LogP contribution is -2.62. The largest absolute Gasteiger partial charge is 0.479 e. The number of nitrogens with one attached hydrogen (secondary N) is 1. The first-order chi connectivity index (χ1) is 16.9. The van der Waals surface area contributed by atoms with E-state index in [4.69, 9.17) is 14.2 Å². The predicted molar refractivity (Wildman–Crippen MR) is 127 cm³/mol. The summed E-state index contributed by atoms with van der Waals surface area (Å²) in [5.41, 5.74) is 2.82. The molecule has 0 spiro atoms. The zero-order chi connectivity index (χ0) is 25.0. The number of hydrogen-bond donors (Lipinski definition) is 2. The lowest BCUT2D eigenvalue weighted by molar-refractivity contribution is -0.189. The Morgan fingerprint density at radius 2 is 1.77 bits per heavy atom. The lowest BCUT2D eigenvalue weighted by atomic mass is 9.98. The molecule has 0 bridgehead atoms. The average Bonchev–Trinajstić information content (AvgIpc) is 3.19. The smallest absolute Gasteiger partial charge is 0.407 e. The fraction of sp³-hybridized carbons (Fsp3) is 0.423. The maximum Gasteiger partial charge on any atom is 0.407 e. The van der Waals surface area contributed by atoms with Gasteiger partial charge in [-0.1, -0.05) is 55.5 Å². The predicted octanol–water partition coefficient (Wildman–Crippen LogP) is 2.63. The fourth-order valence-corrected chi connectivity index (χ4v) is 4.83. The van der Waals surface area contributed by atoms with Gasteiger partial charge in [0.2, 0.25) is 11.5 Å². The molecule has 2 aromatic rings. The van der Waals surface area contributed by atoms with Crippen molar-refractivity contribution in [2.24, 2.45) is 0 Å². The Morgan fingerprint density at radius 1 is 1.14 bits per heavy atom. The molecular weight excluding hydrogens is 452 g/mol. The van der Waals surface area contributed by atoms with Crippen LogP contribution in [0.2, 0.25) is 0 Å². The quantitative estimate of drug-likeness (QED) is 0.594. The van der Waals surface area contributed by atoms with Crippen molar-refractivity contribution in [1.82, 2.24) is 10.2 Å². The first kappa shape index (κ1) is 24.7. The molecule has 1 saturated heterocycles. The van der Waals surface area contributed by atoms with E-state index in [1.807, 2.05) is 36.4 Å². The summed E-state index contributed by atoms with van der Waals surface area (Å²) >= 11 is 0. The number of benzene rings is 2. The molecule has 2 amide bonds. The molecule has 0 aromatic heterocycles. The van der Waals surface area contributed by atoms with Gasteiger partial charge in [0.25, 0.3) is 0 Å². The Kier molecular flexibility index (Phi) is 7.37. The number of rotatable bonds is 8. The van der Waals surface area contributed by atoms with E-state index in [-0.39, 0.29) is 44.7 Å². The Hall–Kier alpha value is -3.43. The van der Waals surface area contributed by atoms with Crippen molar-refractivity contribution < 1.29 is 33.7 Å². The number of hydrogen-bond acceptors (Lipinski definition) is 6. The number of carboxylic acids is 1. The second-order valence-corrected chi connectivity index (χ2v) is 8.77. The van der Waals surface area contributed by atoms with Gasteiger partial charge in [-0.25, -0.2) is 9.59 Å². The molecule has 2 aromatic carbocycles. The van der Waals surface area contributed by atoms with Crippen LogP contribution in [0, 0.1) is 0 Å². The standard InChI is InChI=1S/C26H30N2O7/c1-3-22(23(29)28-12-13-35-26(15-28,16-33-2)24(30)31)27-25(32)34-14-21-19-10-6-4-8-17(19)18-9-5-7-11-20(18)21/h4-11,21-22H,3,12-16H2,1-2H3,(H,27,32)(H,30,31)/t22-,26?/m0/s1. The van der Waals surface area contributed by atoms with Crippen molar-refractivity contribution in [2.45, 2.75) is 30.9 Å². The molecular formula is C26H30N2O7. The van der Waals surface area contributed by atoms with E-state index in [0.29, 0.717) is 6.42 Å². The number of carbonyl (C=O) groups is 3. The van der Waals surface area contributed by atoms with Crippen molar-refractivity contribution in [3.8, 4) is 11.1 Å². The Balaban J connectivity index is 1.39. The molecule has 2 atom stereocenters.